The zero-order chi connectivity index (χ0) is 10.7. The molecule has 0 spiro atoms. The van der Waals surface area contributed by atoms with Gasteiger partial charge in [-0.15, -0.1) is 12.8 Å². The third-order valence-corrected chi connectivity index (χ3v) is 1.29. The Hall–Kier alpha value is -0.970. The van der Waals surface area contributed by atoms with Crippen LogP contribution in [0.5, 0.6) is 0 Å². The summed E-state index contributed by atoms with van der Waals surface area (Å²) < 4.78 is 0. The van der Waals surface area contributed by atoms with Crippen LogP contribution in [0.1, 0.15) is 27.2 Å². The van der Waals surface area contributed by atoms with E-state index in [1.54, 1.807) is 0 Å². The maximum Gasteiger partial charge on any atom is -0.00134 e. The second-order valence-electron chi connectivity index (χ2n) is 3.57. The van der Waals surface area contributed by atoms with Gasteiger partial charge in [0.25, 0.3) is 0 Å². The zero-order valence-corrected chi connectivity index (χ0v) is 9.41. The monoisotopic (exact) mass is 192 g/mol. The molecule has 0 rings (SSSR count). The van der Waals surface area contributed by atoms with Crippen molar-refractivity contribution in [3.8, 4) is 36.5 Å². The summed E-state index contributed by atoms with van der Waals surface area (Å²) in [6.45, 7) is 6.68. The Bertz CT molecular complexity index is 226. The summed E-state index contributed by atoms with van der Waals surface area (Å²) in [5.41, 5.74) is 0.474. The molecule has 0 bridgehead atoms. The molecule has 0 fully saturated rings. The van der Waals surface area contributed by atoms with E-state index in [9.17, 15) is 0 Å². The first-order chi connectivity index (χ1) is 5.97. The van der Waals surface area contributed by atoms with E-state index < -0.39 is 0 Å². The van der Waals surface area contributed by atoms with Gasteiger partial charge in [0.15, 0.2) is 0 Å². The predicted molar refractivity (Wildman–Crippen MR) is 63.4 cm³/mol. The van der Waals surface area contributed by atoms with E-state index in [2.05, 4.69) is 57.1 Å². The molecular formula is C12H16S. The molecule has 70 valence electrons. The molecule has 1 heteroatoms. The largest absolute Gasteiger partial charge is 0.179 e. The molecule has 0 N–H and O–H groups in total. The third kappa shape index (κ3) is 24.7. The maximum absolute atomic E-state index is 4.70. The molecule has 13 heavy (non-hydrogen) atoms. The molecule has 0 saturated carbocycles. The van der Waals surface area contributed by atoms with Crippen molar-refractivity contribution in [3.63, 3.8) is 0 Å². The maximum atomic E-state index is 4.70. The van der Waals surface area contributed by atoms with Gasteiger partial charge in [0.1, 0.15) is 0 Å². The first-order valence-electron chi connectivity index (χ1n) is 4.00. The van der Waals surface area contributed by atoms with Gasteiger partial charge in [-0.3, -0.25) is 0 Å². The molecule has 0 radical (unpaired) electrons. The van der Waals surface area contributed by atoms with E-state index in [0.29, 0.717) is 5.41 Å². The van der Waals surface area contributed by atoms with Crippen LogP contribution in [0, 0.1) is 41.9 Å². The molecule has 0 atom stereocenters. The van der Waals surface area contributed by atoms with Crippen LogP contribution < -0.4 is 0 Å². The van der Waals surface area contributed by atoms with Gasteiger partial charge in [-0.25, -0.2) is 0 Å². The minimum atomic E-state index is 0.474. The normalized spacial score (nSPS) is 7.85. The smallest absolute Gasteiger partial charge is 0.00134 e. The molecule has 0 saturated heterocycles. The lowest BCUT2D eigenvalue weighted by Gasteiger charge is -2.14. The van der Waals surface area contributed by atoms with Crippen molar-refractivity contribution in [3.05, 3.63) is 0 Å². The summed E-state index contributed by atoms with van der Waals surface area (Å²) in [6.07, 6.45) is 10.6. The van der Waals surface area contributed by atoms with Crippen LogP contribution in [0.2, 0.25) is 0 Å². The van der Waals surface area contributed by atoms with Crippen molar-refractivity contribution in [2.24, 2.45) is 5.41 Å². The second-order valence-corrected chi connectivity index (χ2v) is 4.02. The topological polar surface area (TPSA) is 0 Å². The Labute approximate surface area is 87.9 Å². The summed E-state index contributed by atoms with van der Waals surface area (Å²) in [4.78, 5) is 0. The van der Waals surface area contributed by atoms with Crippen molar-refractivity contribution in [1.29, 1.82) is 0 Å². The lowest BCUT2D eigenvalue weighted by Crippen LogP contribution is -2.04. The number of hydrogen-bond donors (Lipinski definition) is 1. The van der Waals surface area contributed by atoms with Crippen LogP contribution in [0.4, 0.5) is 0 Å². The predicted octanol–water partition coefficient (Wildman–Crippen LogP) is 2.61. The third-order valence-electron chi connectivity index (χ3n) is 1.07. The van der Waals surface area contributed by atoms with E-state index in [4.69, 9.17) is 12.8 Å². The number of rotatable bonds is 1. The highest BCUT2D eigenvalue weighted by molar-refractivity contribution is 7.80. The summed E-state index contributed by atoms with van der Waals surface area (Å²) in [5.74, 6) is 9.61. The Kier molecular flexibility index (Phi) is 10.2. The molecule has 0 unspecified atom stereocenters. The van der Waals surface area contributed by atoms with Gasteiger partial charge in [0.2, 0.25) is 0 Å². The van der Waals surface area contributed by atoms with E-state index >= 15 is 0 Å². The van der Waals surface area contributed by atoms with Crippen LogP contribution in [-0.4, -0.2) is 5.75 Å². The zero-order valence-electron chi connectivity index (χ0n) is 8.52. The quantitative estimate of drug-likeness (QED) is 0.479. The lowest BCUT2D eigenvalue weighted by atomic mass is 9.94. The van der Waals surface area contributed by atoms with Crippen LogP contribution in [0.25, 0.3) is 0 Å². The molecule has 0 aromatic rings. The van der Waals surface area contributed by atoms with Crippen molar-refractivity contribution in [2.75, 3.05) is 5.75 Å². The highest BCUT2D eigenvalue weighted by atomic mass is 32.1. The Balaban J connectivity index is 0. The minimum Gasteiger partial charge on any atom is -0.179 e. The van der Waals surface area contributed by atoms with E-state index in [-0.39, 0.29) is 0 Å². The highest BCUT2D eigenvalue weighted by Gasteiger charge is 2.06. The molecule has 0 aliphatic heterocycles. The summed E-state index contributed by atoms with van der Waals surface area (Å²) in [7, 11) is 0. The van der Waals surface area contributed by atoms with Crippen molar-refractivity contribution >= 4 is 12.6 Å². The van der Waals surface area contributed by atoms with E-state index in [1.165, 1.54) is 6.42 Å². The van der Waals surface area contributed by atoms with Crippen LogP contribution >= 0.6 is 12.6 Å². The lowest BCUT2D eigenvalue weighted by molar-refractivity contribution is 0.402. The molecular weight excluding hydrogens is 176 g/mol. The van der Waals surface area contributed by atoms with Gasteiger partial charge in [-0.05, 0) is 41.3 Å². The van der Waals surface area contributed by atoms with Gasteiger partial charge in [0.05, 0.1) is 0 Å². The molecule has 0 aliphatic carbocycles. The average molecular weight is 192 g/mol. The Morgan fingerprint density at radius 3 is 1.54 bits per heavy atom. The van der Waals surface area contributed by atoms with Crippen molar-refractivity contribution < 1.29 is 0 Å². The Morgan fingerprint density at radius 1 is 1.08 bits per heavy atom. The van der Waals surface area contributed by atoms with Crippen LogP contribution in [0.15, 0.2) is 0 Å². The van der Waals surface area contributed by atoms with Crippen molar-refractivity contribution in [2.45, 2.75) is 27.2 Å². The second kappa shape index (κ2) is 9.12. The number of terminal acetylenes is 2. The first kappa shape index (κ1) is 14.5. The number of thiol groups is 1. The molecule has 0 aromatic heterocycles. The van der Waals surface area contributed by atoms with Crippen molar-refractivity contribution in [1.82, 2.24) is 0 Å². The molecule has 0 nitrogen and oxygen atoms in total. The summed E-state index contributed by atoms with van der Waals surface area (Å²) in [6, 6.07) is 0. The fourth-order valence-corrected chi connectivity index (χ4v) is 1.08. The van der Waals surface area contributed by atoms with E-state index in [0.717, 1.165) is 5.75 Å². The molecule has 0 aromatic carbocycles. The van der Waals surface area contributed by atoms with Gasteiger partial charge >= 0.3 is 0 Å². The Morgan fingerprint density at radius 2 is 1.46 bits per heavy atom. The molecule has 0 aliphatic rings. The van der Waals surface area contributed by atoms with Gasteiger partial charge in [-0.1, -0.05) is 20.8 Å². The molecule has 0 amide bonds. The fourth-order valence-electron chi connectivity index (χ4n) is 0.408. The van der Waals surface area contributed by atoms with Gasteiger partial charge < -0.3 is 0 Å². The standard InChI is InChI=1S/C6H14S.C6H2/c1-6(2,3)4-5-7;1-3-5-6-4-2/h7H,4-5H2,1-3H3;1-2H. The summed E-state index contributed by atoms with van der Waals surface area (Å²) in [5, 5.41) is 0. The molecule has 0 heterocycles. The van der Waals surface area contributed by atoms with Crippen LogP contribution in [0.3, 0.4) is 0 Å². The van der Waals surface area contributed by atoms with Gasteiger partial charge in [-0.2, -0.15) is 12.6 Å². The highest BCUT2D eigenvalue weighted by Crippen LogP contribution is 2.17. The van der Waals surface area contributed by atoms with Crippen LogP contribution in [-0.2, 0) is 0 Å². The first-order valence-corrected chi connectivity index (χ1v) is 4.63. The van der Waals surface area contributed by atoms with E-state index in [1.807, 2.05) is 0 Å². The fraction of sp³-hybridized carbons (Fsp3) is 0.500. The SMILES string of the molecule is C#CC#CC#C.CC(C)(C)CCS. The number of hydrogen-bond acceptors (Lipinski definition) is 1. The minimum absolute atomic E-state index is 0.474. The summed E-state index contributed by atoms with van der Waals surface area (Å²) >= 11 is 4.11. The average Bonchev–Trinajstić information content (AvgIpc) is 1.99. The van der Waals surface area contributed by atoms with Gasteiger partial charge in [0, 0.05) is 0 Å².